The lowest BCUT2D eigenvalue weighted by atomic mass is 10.1. The standard InChI is InChI=1S/C19H14ClF2N3O3/c1-9-5-10(2)24-17(9)18(26)25-16-4-3-11(8-23-16)12-6-14-15(7-13(12)20)28-19(21,22)27-14/h3-4,6-8H,5H2,1-2H3,(H,23,25,26). The summed E-state index contributed by atoms with van der Waals surface area (Å²) < 4.78 is 35.2. The highest BCUT2D eigenvalue weighted by Gasteiger charge is 2.43. The maximum atomic E-state index is 13.2. The van der Waals surface area contributed by atoms with Crippen LogP contribution in [0, 0.1) is 0 Å². The number of halogens is 3. The first-order chi connectivity index (χ1) is 13.2. The predicted molar refractivity (Wildman–Crippen MR) is 99.9 cm³/mol. The van der Waals surface area contributed by atoms with Crippen molar-refractivity contribution in [2.24, 2.45) is 4.99 Å². The highest BCUT2D eigenvalue weighted by Crippen LogP contribution is 2.46. The van der Waals surface area contributed by atoms with Crippen LogP contribution in [0.15, 0.2) is 46.7 Å². The molecule has 1 aromatic carbocycles. The number of amides is 1. The Morgan fingerprint density at radius 1 is 1.21 bits per heavy atom. The molecule has 1 aromatic heterocycles. The summed E-state index contributed by atoms with van der Waals surface area (Å²) in [4.78, 5) is 20.8. The van der Waals surface area contributed by atoms with E-state index in [1.165, 1.54) is 18.3 Å². The van der Waals surface area contributed by atoms with Gasteiger partial charge in [-0.2, -0.15) is 0 Å². The minimum Gasteiger partial charge on any atom is -0.395 e. The topological polar surface area (TPSA) is 72.8 Å². The van der Waals surface area contributed by atoms with E-state index in [9.17, 15) is 13.6 Å². The molecule has 2 aliphatic rings. The predicted octanol–water partition coefficient (Wildman–Crippen LogP) is 4.80. The number of allylic oxidation sites excluding steroid dienone is 1. The second kappa shape index (κ2) is 6.56. The van der Waals surface area contributed by atoms with Crippen LogP contribution in [0.4, 0.5) is 14.6 Å². The summed E-state index contributed by atoms with van der Waals surface area (Å²) in [6, 6.07) is 5.87. The number of benzene rings is 1. The molecular weight excluding hydrogens is 392 g/mol. The van der Waals surface area contributed by atoms with Gasteiger partial charge in [0.05, 0.1) is 5.02 Å². The van der Waals surface area contributed by atoms with Crippen LogP contribution in [0.25, 0.3) is 11.1 Å². The molecule has 2 aliphatic heterocycles. The Bertz CT molecular complexity index is 1050. The van der Waals surface area contributed by atoms with Crippen molar-refractivity contribution in [3.05, 3.63) is 46.8 Å². The quantitative estimate of drug-likeness (QED) is 0.796. The van der Waals surface area contributed by atoms with Crippen molar-refractivity contribution in [1.82, 2.24) is 4.98 Å². The van der Waals surface area contributed by atoms with Gasteiger partial charge in [-0.25, -0.2) is 4.98 Å². The van der Waals surface area contributed by atoms with Crippen molar-refractivity contribution in [2.75, 3.05) is 5.32 Å². The molecule has 0 aliphatic carbocycles. The Balaban J connectivity index is 1.55. The lowest BCUT2D eigenvalue weighted by Gasteiger charge is -2.08. The Morgan fingerprint density at radius 2 is 1.93 bits per heavy atom. The van der Waals surface area contributed by atoms with Gasteiger partial charge in [0.1, 0.15) is 11.5 Å². The first-order valence-corrected chi connectivity index (χ1v) is 8.71. The number of fused-ring (bicyclic) bond motifs is 1. The van der Waals surface area contributed by atoms with Gasteiger partial charge in [0.15, 0.2) is 11.5 Å². The van der Waals surface area contributed by atoms with Gasteiger partial charge in [0.25, 0.3) is 5.91 Å². The fourth-order valence-corrected chi connectivity index (χ4v) is 3.30. The van der Waals surface area contributed by atoms with E-state index < -0.39 is 6.29 Å². The van der Waals surface area contributed by atoms with E-state index in [2.05, 4.69) is 24.8 Å². The molecule has 0 spiro atoms. The molecule has 4 rings (SSSR count). The van der Waals surface area contributed by atoms with Gasteiger partial charge in [0, 0.05) is 35.5 Å². The Hall–Kier alpha value is -3.00. The molecule has 0 bridgehead atoms. The maximum absolute atomic E-state index is 13.2. The van der Waals surface area contributed by atoms with Crippen LogP contribution in [0.1, 0.15) is 20.3 Å². The van der Waals surface area contributed by atoms with Crippen molar-refractivity contribution in [3.8, 4) is 22.6 Å². The van der Waals surface area contributed by atoms with Gasteiger partial charge in [-0.1, -0.05) is 11.6 Å². The molecule has 3 heterocycles. The number of alkyl halides is 2. The van der Waals surface area contributed by atoms with Crippen molar-refractivity contribution in [1.29, 1.82) is 0 Å². The number of aliphatic imine (C=N–C) groups is 1. The smallest absolute Gasteiger partial charge is 0.395 e. The van der Waals surface area contributed by atoms with Crippen LogP contribution in [0.2, 0.25) is 5.02 Å². The van der Waals surface area contributed by atoms with E-state index in [0.717, 1.165) is 11.3 Å². The van der Waals surface area contributed by atoms with Crippen molar-refractivity contribution < 1.29 is 23.0 Å². The van der Waals surface area contributed by atoms with Crippen molar-refractivity contribution in [3.63, 3.8) is 0 Å². The third-order valence-electron chi connectivity index (χ3n) is 4.25. The highest BCUT2D eigenvalue weighted by atomic mass is 35.5. The zero-order valence-corrected chi connectivity index (χ0v) is 15.6. The van der Waals surface area contributed by atoms with Gasteiger partial charge in [-0.05, 0) is 37.6 Å². The lowest BCUT2D eigenvalue weighted by Crippen LogP contribution is -2.25. The number of rotatable bonds is 3. The zero-order chi connectivity index (χ0) is 20.1. The number of anilines is 1. The number of pyridine rings is 1. The van der Waals surface area contributed by atoms with Crippen LogP contribution in [-0.2, 0) is 4.79 Å². The van der Waals surface area contributed by atoms with Crippen LogP contribution < -0.4 is 14.8 Å². The average Bonchev–Trinajstić information content (AvgIpc) is 3.11. The average molecular weight is 406 g/mol. The monoisotopic (exact) mass is 405 g/mol. The molecule has 6 nitrogen and oxygen atoms in total. The van der Waals surface area contributed by atoms with Gasteiger partial charge in [0.2, 0.25) is 0 Å². The summed E-state index contributed by atoms with van der Waals surface area (Å²) >= 11 is 6.18. The minimum atomic E-state index is -3.72. The largest absolute Gasteiger partial charge is 0.586 e. The zero-order valence-electron chi connectivity index (χ0n) is 14.8. The third-order valence-corrected chi connectivity index (χ3v) is 4.56. The molecule has 28 heavy (non-hydrogen) atoms. The number of nitrogens with zero attached hydrogens (tertiary/aromatic N) is 2. The first-order valence-electron chi connectivity index (χ1n) is 8.33. The Kier molecular flexibility index (Phi) is 4.30. The molecule has 0 unspecified atom stereocenters. The number of carbonyl (C=O) groups is 1. The molecule has 0 atom stereocenters. The Morgan fingerprint density at radius 3 is 2.54 bits per heavy atom. The fraction of sp³-hybridized carbons (Fsp3) is 0.211. The maximum Gasteiger partial charge on any atom is 0.586 e. The summed E-state index contributed by atoms with van der Waals surface area (Å²) in [6.07, 6.45) is -1.57. The molecule has 144 valence electrons. The number of hydrogen-bond donors (Lipinski definition) is 1. The fourth-order valence-electron chi connectivity index (χ4n) is 3.03. The third kappa shape index (κ3) is 3.43. The summed E-state index contributed by atoms with van der Waals surface area (Å²) in [5.41, 5.74) is 3.18. The van der Waals surface area contributed by atoms with E-state index in [-0.39, 0.29) is 22.4 Å². The second-order valence-electron chi connectivity index (χ2n) is 6.49. The molecule has 9 heteroatoms. The molecule has 0 fully saturated rings. The van der Waals surface area contributed by atoms with Gasteiger partial charge in [-0.15, -0.1) is 8.78 Å². The number of carbonyl (C=O) groups excluding carboxylic acids is 1. The van der Waals surface area contributed by atoms with E-state index >= 15 is 0 Å². The van der Waals surface area contributed by atoms with Crippen LogP contribution in [-0.4, -0.2) is 22.9 Å². The van der Waals surface area contributed by atoms with E-state index in [0.29, 0.717) is 29.1 Å². The van der Waals surface area contributed by atoms with E-state index in [1.54, 1.807) is 12.1 Å². The molecule has 0 radical (unpaired) electrons. The van der Waals surface area contributed by atoms with Gasteiger partial charge in [-0.3, -0.25) is 9.79 Å². The summed E-state index contributed by atoms with van der Waals surface area (Å²) in [7, 11) is 0. The molecule has 1 amide bonds. The molecule has 0 saturated carbocycles. The second-order valence-corrected chi connectivity index (χ2v) is 6.89. The van der Waals surface area contributed by atoms with Gasteiger partial charge >= 0.3 is 6.29 Å². The lowest BCUT2D eigenvalue weighted by molar-refractivity contribution is -0.286. The summed E-state index contributed by atoms with van der Waals surface area (Å²) in [5.74, 6) is -0.250. The SMILES string of the molecule is CC1=NC(C(=O)Nc2ccc(-c3cc4c(cc3Cl)OC(F)(F)O4)cn2)=C(C)C1. The number of nitrogens with one attached hydrogen (secondary N) is 1. The van der Waals surface area contributed by atoms with Crippen molar-refractivity contribution >= 4 is 29.0 Å². The van der Waals surface area contributed by atoms with Crippen LogP contribution in [0.3, 0.4) is 0 Å². The number of hydrogen-bond acceptors (Lipinski definition) is 5. The number of ether oxygens (including phenoxy) is 2. The summed E-state index contributed by atoms with van der Waals surface area (Å²) in [5, 5.41) is 2.89. The minimum absolute atomic E-state index is 0.112. The van der Waals surface area contributed by atoms with Crippen molar-refractivity contribution in [2.45, 2.75) is 26.6 Å². The molecule has 1 N–H and O–H groups in total. The normalized spacial score (nSPS) is 17.0. The van der Waals surface area contributed by atoms with Crippen LogP contribution >= 0.6 is 11.6 Å². The van der Waals surface area contributed by atoms with E-state index in [4.69, 9.17) is 11.6 Å². The Labute approximate surface area is 163 Å². The molecule has 0 saturated heterocycles. The first kappa shape index (κ1) is 18.4. The van der Waals surface area contributed by atoms with Crippen LogP contribution in [0.5, 0.6) is 11.5 Å². The molecule has 2 aromatic rings. The summed E-state index contributed by atoms with van der Waals surface area (Å²) in [6.45, 7) is 3.72. The van der Waals surface area contributed by atoms with Gasteiger partial charge < -0.3 is 14.8 Å². The highest BCUT2D eigenvalue weighted by molar-refractivity contribution is 6.33. The number of aromatic nitrogens is 1. The molecular formula is C19H14ClF2N3O3. The van der Waals surface area contributed by atoms with E-state index in [1.807, 2.05) is 13.8 Å².